The first kappa shape index (κ1) is 22.5. The molecular weight excluding hydrogens is 461 g/mol. The molecule has 34 heavy (non-hydrogen) atoms. The lowest BCUT2D eigenvalue weighted by Crippen LogP contribution is -2.48. The number of hydrogen-bond acceptors (Lipinski definition) is 6. The first-order valence-electron chi connectivity index (χ1n) is 11.4. The Balaban J connectivity index is 1.66. The minimum Gasteiger partial charge on any atom is -0.507 e. The highest BCUT2D eigenvalue weighted by molar-refractivity contribution is 6.34. The Bertz CT molecular complexity index is 1220. The number of anilines is 2. The number of amides is 1. The van der Waals surface area contributed by atoms with Gasteiger partial charge in [0.1, 0.15) is 11.6 Å². The number of nitrogens with zero attached hydrogens (tertiary/aromatic N) is 5. The van der Waals surface area contributed by atoms with Gasteiger partial charge < -0.3 is 24.9 Å². The lowest BCUT2D eigenvalue weighted by atomic mass is 9.99. The number of aromatic hydroxyl groups is 1. The zero-order valence-corrected chi connectivity index (χ0v) is 19.3. The van der Waals surface area contributed by atoms with E-state index < -0.39 is 11.9 Å². The van der Waals surface area contributed by atoms with E-state index in [1.807, 2.05) is 4.90 Å². The average molecular weight is 486 g/mol. The van der Waals surface area contributed by atoms with Crippen LogP contribution >= 0.6 is 11.6 Å². The summed E-state index contributed by atoms with van der Waals surface area (Å²) in [6.45, 7) is 3.38. The van der Waals surface area contributed by atoms with E-state index in [0.717, 1.165) is 43.1 Å². The van der Waals surface area contributed by atoms with Crippen LogP contribution in [0.2, 0.25) is 5.02 Å². The molecule has 3 heterocycles. The third kappa shape index (κ3) is 4.04. The normalized spacial score (nSPS) is 16.8. The summed E-state index contributed by atoms with van der Waals surface area (Å²) in [4.78, 5) is 16.9. The third-order valence-corrected chi connectivity index (χ3v) is 6.91. The van der Waals surface area contributed by atoms with Crippen LogP contribution < -0.4 is 9.80 Å². The van der Waals surface area contributed by atoms with Gasteiger partial charge in [0.15, 0.2) is 11.6 Å². The molecule has 10 heteroatoms. The van der Waals surface area contributed by atoms with Gasteiger partial charge in [0, 0.05) is 60.6 Å². The molecule has 178 valence electrons. The van der Waals surface area contributed by atoms with Crippen LogP contribution in [0.1, 0.15) is 19.3 Å². The second-order valence-electron chi connectivity index (χ2n) is 8.66. The maximum atomic E-state index is 14.7. The zero-order chi connectivity index (χ0) is 23.8. The van der Waals surface area contributed by atoms with Gasteiger partial charge in [-0.3, -0.25) is 0 Å². The van der Waals surface area contributed by atoms with Crippen molar-refractivity contribution < 1.29 is 19.4 Å². The molecule has 0 aliphatic carbocycles. The van der Waals surface area contributed by atoms with E-state index in [9.17, 15) is 19.4 Å². The molecule has 3 aromatic rings. The van der Waals surface area contributed by atoms with Crippen molar-refractivity contribution in [3.8, 4) is 16.9 Å². The molecule has 2 aliphatic rings. The van der Waals surface area contributed by atoms with Crippen molar-refractivity contribution in [3.05, 3.63) is 41.2 Å². The summed E-state index contributed by atoms with van der Waals surface area (Å²) in [6.07, 6.45) is 2.33. The smallest absolute Gasteiger partial charge is 0.407 e. The molecule has 0 spiro atoms. The number of piperidine rings is 1. The number of fused-ring (bicyclic) bond motifs is 1. The van der Waals surface area contributed by atoms with Crippen LogP contribution in [-0.4, -0.2) is 70.7 Å². The standard InChI is InChI=1S/C24H25ClFN5O3/c25-18-14-16-15(13-17(18)21-19(26)5-4-6-20(21)32)22(29-7-2-1-3-8-29)27-28-23(16)30-9-11-31(12-10-30)24(33)34/h4-6,13-14,32H,1-3,7-12H2,(H,33,34). The van der Waals surface area contributed by atoms with Crippen molar-refractivity contribution in [1.29, 1.82) is 0 Å². The van der Waals surface area contributed by atoms with Crippen molar-refractivity contribution in [1.82, 2.24) is 15.1 Å². The van der Waals surface area contributed by atoms with Gasteiger partial charge in [-0.2, -0.15) is 0 Å². The molecule has 2 aliphatic heterocycles. The maximum absolute atomic E-state index is 14.7. The molecule has 0 atom stereocenters. The molecule has 0 saturated carbocycles. The molecule has 0 unspecified atom stereocenters. The summed E-state index contributed by atoms with van der Waals surface area (Å²) in [7, 11) is 0. The quantitative estimate of drug-likeness (QED) is 0.560. The SMILES string of the molecule is O=C(O)N1CCN(c2nnc(N3CCCCC3)c3cc(-c4c(O)cccc4F)c(Cl)cc23)CC1. The van der Waals surface area contributed by atoms with Crippen molar-refractivity contribution in [2.75, 3.05) is 49.1 Å². The van der Waals surface area contributed by atoms with Crippen molar-refractivity contribution in [2.45, 2.75) is 19.3 Å². The highest BCUT2D eigenvalue weighted by Crippen LogP contribution is 2.42. The lowest BCUT2D eigenvalue weighted by Gasteiger charge is -2.35. The summed E-state index contributed by atoms with van der Waals surface area (Å²) in [6, 6.07) is 7.70. The van der Waals surface area contributed by atoms with Crippen LogP contribution in [0.5, 0.6) is 5.75 Å². The predicted octanol–water partition coefficient (Wildman–Crippen LogP) is 4.59. The van der Waals surface area contributed by atoms with E-state index in [-0.39, 0.29) is 16.3 Å². The first-order valence-corrected chi connectivity index (χ1v) is 11.8. The molecule has 5 rings (SSSR count). The number of aromatic nitrogens is 2. The van der Waals surface area contributed by atoms with Gasteiger partial charge in [0.25, 0.3) is 0 Å². The monoisotopic (exact) mass is 485 g/mol. The fraction of sp³-hybridized carbons (Fsp3) is 0.375. The van der Waals surface area contributed by atoms with Gasteiger partial charge >= 0.3 is 6.09 Å². The topological polar surface area (TPSA) is 93.0 Å². The Morgan fingerprint density at radius 3 is 2.15 bits per heavy atom. The maximum Gasteiger partial charge on any atom is 0.407 e. The van der Waals surface area contributed by atoms with E-state index in [1.54, 1.807) is 12.1 Å². The molecule has 1 amide bonds. The number of carbonyl (C=O) groups is 1. The van der Waals surface area contributed by atoms with E-state index in [2.05, 4.69) is 15.1 Å². The fourth-order valence-corrected chi connectivity index (χ4v) is 5.06. The Morgan fingerprint density at radius 1 is 0.912 bits per heavy atom. The zero-order valence-electron chi connectivity index (χ0n) is 18.5. The van der Waals surface area contributed by atoms with E-state index in [0.29, 0.717) is 43.4 Å². The molecule has 2 saturated heterocycles. The number of piperazine rings is 1. The van der Waals surface area contributed by atoms with Gasteiger partial charge in [0.2, 0.25) is 0 Å². The van der Waals surface area contributed by atoms with Gasteiger partial charge in [0.05, 0.1) is 5.56 Å². The van der Waals surface area contributed by atoms with E-state index >= 15 is 0 Å². The van der Waals surface area contributed by atoms with Gasteiger partial charge in [-0.1, -0.05) is 17.7 Å². The number of halogens is 2. The second kappa shape index (κ2) is 9.13. The summed E-state index contributed by atoms with van der Waals surface area (Å²) < 4.78 is 14.7. The minimum absolute atomic E-state index is 0.0485. The van der Waals surface area contributed by atoms with Gasteiger partial charge in [-0.05, 0) is 43.5 Å². The summed E-state index contributed by atoms with van der Waals surface area (Å²) in [5.74, 6) is 0.573. The molecule has 0 bridgehead atoms. The fourth-order valence-electron chi connectivity index (χ4n) is 4.80. The van der Waals surface area contributed by atoms with Gasteiger partial charge in [-0.25, -0.2) is 9.18 Å². The number of hydrogen-bond donors (Lipinski definition) is 2. The van der Waals surface area contributed by atoms with Crippen LogP contribution in [0.15, 0.2) is 30.3 Å². The van der Waals surface area contributed by atoms with Crippen LogP contribution in [0.25, 0.3) is 21.9 Å². The lowest BCUT2D eigenvalue weighted by molar-refractivity contribution is 0.142. The molecular formula is C24H25ClFN5O3. The summed E-state index contributed by atoms with van der Waals surface area (Å²) in [5, 5.41) is 30.6. The Morgan fingerprint density at radius 2 is 1.53 bits per heavy atom. The average Bonchev–Trinajstić information content (AvgIpc) is 2.84. The minimum atomic E-state index is -0.937. The number of rotatable bonds is 3. The molecule has 1 aromatic heterocycles. The molecule has 0 radical (unpaired) electrons. The largest absolute Gasteiger partial charge is 0.507 e. The highest BCUT2D eigenvalue weighted by atomic mass is 35.5. The van der Waals surface area contributed by atoms with Crippen LogP contribution in [0.3, 0.4) is 0 Å². The van der Waals surface area contributed by atoms with Crippen molar-refractivity contribution in [3.63, 3.8) is 0 Å². The van der Waals surface area contributed by atoms with Gasteiger partial charge in [-0.15, -0.1) is 10.2 Å². The van der Waals surface area contributed by atoms with Crippen LogP contribution in [0, 0.1) is 5.82 Å². The second-order valence-corrected chi connectivity index (χ2v) is 9.07. The highest BCUT2D eigenvalue weighted by Gasteiger charge is 2.26. The number of carboxylic acid groups (broad SMARTS) is 1. The predicted molar refractivity (Wildman–Crippen MR) is 129 cm³/mol. The van der Waals surface area contributed by atoms with Crippen LogP contribution in [-0.2, 0) is 0 Å². The molecule has 2 fully saturated rings. The molecule has 2 aromatic carbocycles. The van der Waals surface area contributed by atoms with E-state index in [1.165, 1.54) is 23.1 Å². The van der Waals surface area contributed by atoms with E-state index in [4.69, 9.17) is 11.6 Å². The first-order chi connectivity index (χ1) is 16.4. The number of benzene rings is 2. The van der Waals surface area contributed by atoms with Crippen molar-refractivity contribution in [2.24, 2.45) is 0 Å². The van der Waals surface area contributed by atoms with Crippen molar-refractivity contribution >= 4 is 40.1 Å². The Kier molecular flexibility index (Phi) is 6.03. The summed E-state index contributed by atoms with van der Waals surface area (Å²) in [5.41, 5.74) is 0.435. The Labute approximate surface area is 201 Å². The molecule has 2 N–H and O–H groups in total. The third-order valence-electron chi connectivity index (χ3n) is 6.59. The summed E-state index contributed by atoms with van der Waals surface area (Å²) >= 11 is 6.65. The Hall–Kier alpha value is -3.33. The number of phenolic OH excluding ortho intramolecular Hbond substituents is 1. The molecule has 8 nitrogen and oxygen atoms in total. The van der Waals surface area contributed by atoms with Crippen LogP contribution in [0.4, 0.5) is 20.8 Å². The number of phenols is 1.